The third-order valence-corrected chi connectivity index (χ3v) is 5.34. The van der Waals surface area contributed by atoms with Crippen LogP contribution in [0.1, 0.15) is 36.9 Å². The standard InChI is InChI=1S/C12H17N3S2/c1-8-9(7-13)12(17-15-8)14-10-5-3-4-6-11(10)16-2/h10-11,14H,3-6H2,1-2H3. The van der Waals surface area contributed by atoms with Crippen molar-refractivity contribution in [2.45, 2.75) is 43.9 Å². The minimum atomic E-state index is 0.491. The van der Waals surface area contributed by atoms with Crippen molar-refractivity contribution in [1.82, 2.24) is 4.37 Å². The van der Waals surface area contributed by atoms with Gasteiger partial charge in [-0.15, -0.1) is 0 Å². The largest absolute Gasteiger partial charge is 0.371 e. The number of anilines is 1. The van der Waals surface area contributed by atoms with Crippen molar-refractivity contribution in [3.63, 3.8) is 0 Å². The normalized spacial score (nSPS) is 24.3. The first-order valence-corrected chi connectivity index (χ1v) is 7.98. The van der Waals surface area contributed by atoms with Gasteiger partial charge in [-0.3, -0.25) is 0 Å². The van der Waals surface area contributed by atoms with Gasteiger partial charge < -0.3 is 5.32 Å². The molecule has 0 spiro atoms. The molecule has 1 saturated carbocycles. The fourth-order valence-electron chi connectivity index (χ4n) is 2.31. The molecular weight excluding hydrogens is 250 g/mol. The zero-order valence-electron chi connectivity index (χ0n) is 10.2. The van der Waals surface area contributed by atoms with Crippen molar-refractivity contribution < 1.29 is 0 Å². The highest BCUT2D eigenvalue weighted by Gasteiger charge is 2.25. The highest BCUT2D eigenvalue weighted by molar-refractivity contribution is 7.99. The predicted octanol–water partition coefficient (Wildman–Crippen LogP) is 3.41. The highest BCUT2D eigenvalue weighted by Crippen LogP contribution is 2.32. The molecule has 2 atom stereocenters. The van der Waals surface area contributed by atoms with Gasteiger partial charge in [0.05, 0.1) is 5.69 Å². The molecule has 0 amide bonds. The summed E-state index contributed by atoms with van der Waals surface area (Å²) >= 11 is 3.35. The number of rotatable bonds is 3. The first-order valence-electron chi connectivity index (χ1n) is 5.92. The van der Waals surface area contributed by atoms with Crippen LogP contribution in [-0.2, 0) is 0 Å². The molecular formula is C12H17N3S2. The van der Waals surface area contributed by atoms with E-state index < -0.39 is 0 Å². The van der Waals surface area contributed by atoms with Crippen LogP contribution in [0.25, 0.3) is 0 Å². The summed E-state index contributed by atoms with van der Waals surface area (Å²) in [6.07, 6.45) is 7.27. The van der Waals surface area contributed by atoms with Crippen LogP contribution in [0.15, 0.2) is 0 Å². The molecule has 1 aliphatic rings. The summed E-state index contributed by atoms with van der Waals surface area (Å²) in [6.45, 7) is 1.90. The topological polar surface area (TPSA) is 48.7 Å². The minimum Gasteiger partial charge on any atom is -0.371 e. The number of aromatic nitrogens is 1. The molecule has 0 saturated heterocycles. The molecule has 17 heavy (non-hydrogen) atoms. The molecule has 0 aromatic carbocycles. The van der Waals surface area contributed by atoms with Crippen molar-refractivity contribution in [3.05, 3.63) is 11.3 Å². The van der Waals surface area contributed by atoms with E-state index in [2.05, 4.69) is 22.0 Å². The number of nitrogens with zero attached hydrogens (tertiary/aromatic N) is 2. The first-order chi connectivity index (χ1) is 8.26. The summed E-state index contributed by atoms with van der Waals surface area (Å²) in [7, 11) is 0. The molecule has 92 valence electrons. The van der Waals surface area contributed by atoms with Gasteiger partial charge in [-0.05, 0) is 37.6 Å². The fourth-order valence-corrected chi connectivity index (χ4v) is 4.06. The molecule has 1 aromatic heterocycles. The Bertz CT molecular complexity index is 422. The Morgan fingerprint density at radius 2 is 2.24 bits per heavy atom. The lowest BCUT2D eigenvalue weighted by atomic mass is 9.95. The number of aryl methyl sites for hydroxylation is 1. The van der Waals surface area contributed by atoms with Crippen molar-refractivity contribution in [2.24, 2.45) is 0 Å². The SMILES string of the molecule is CSC1CCCCC1Nc1snc(C)c1C#N. The van der Waals surface area contributed by atoms with E-state index in [1.54, 1.807) is 0 Å². The summed E-state index contributed by atoms with van der Waals surface area (Å²) in [4.78, 5) is 0. The average Bonchev–Trinajstić information content (AvgIpc) is 2.70. The number of thioether (sulfide) groups is 1. The summed E-state index contributed by atoms with van der Waals surface area (Å²) in [5, 5.41) is 14.3. The minimum absolute atomic E-state index is 0.491. The van der Waals surface area contributed by atoms with Crippen LogP contribution in [-0.4, -0.2) is 21.9 Å². The second kappa shape index (κ2) is 5.74. The van der Waals surface area contributed by atoms with E-state index in [1.165, 1.54) is 37.2 Å². The van der Waals surface area contributed by atoms with Gasteiger partial charge in [0.15, 0.2) is 0 Å². The third kappa shape index (κ3) is 2.75. The molecule has 0 aliphatic heterocycles. The van der Waals surface area contributed by atoms with Gasteiger partial charge in [0.2, 0.25) is 0 Å². The maximum absolute atomic E-state index is 9.11. The Kier molecular flexibility index (Phi) is 4.30. The number of hydrogen-bond donors (Lipinski definition) is 1. The van der Waals surface area contributed by atoms with Crippen molar-refractivity contribution in [1.29, 1.82) is 5.26 Å². The van der Waals surface area contributed by atoms with E-state index in [0.29, 0.717) is 11.3 Å². The molecule has 0 bridgehead atoms. The van der Waals surface area contributed by atoms with Gasteiger partial charge >= 0.3 is 0 Å². The van der Waals surface area contributed by atoms with E-state index in [-0.39, 0.29) is 0 Å². The Balaban J connectivity index is 2.11. The Morgan fingerprint density at radius 1 is 1.47 bits per heavy atom. The van der Waals surface area contributed by atoms with Crippen LogP contribution in [0.2, 0.25) is 0 Å². The van der Waals surface area contributed by atoms with E-state index in [9.17, 15) is 0 Å². The molecule has 3 nitrogen and oxygen atoms in total. The lowest BCUT2D eigenvalue weighted by Gasteiger charge is -2.31. The number of hydrogen-bond acceptors (Lipinski definition) is 5. The molecule has 1 N–H and O–H groups in total. The van der Waals surface area contributed by atoms with Gasteiger partial charge in [-0.25, -0.2) is 0 Å². The van der Waals surface area contributed by atoms with Crippen LogP contribution < -0.4 is 5.32 Å². The van der Waals surface area contributed by atoms with Gasteiger partial charge in [-0.1, -0.05) is 12.8 Å². The summed E-state index contributed by atoms with van der Waals surface area (Å²) in [6, 6.07) is 2.74. The van der Waals surface area contributed by atoms with Crippen LogP contribution in [0, 0.1) is 18.3 Å². The van der Waals surface area contributed by atoms with E-state index in [0.717, 1.165) is 16.3 Å². The van der Waals surface area contributed by atoms with Crippen LogP contribution in [0.4, 0.5) is 5.00 Å². The Labute approximate surface area is 111 Å². The number of nitriles is 1. The van der Waals surface area contributed by atoms with Crippen molar-refractivity contribution in [2.75, 3.05) is 11.6 Å². The first kappa shape index (κ1) is 12.7. The molecule has 2 rings (SSSR count). The van der Waals surface area contributed by atoms with Gasteiger partial charge in [0.25, 0.3) is 0 Å². The molecule has 1 aliphatic carbocycles. The lowest BCUT2D eigenvalue weighted by molar-refractivity contribution is 0.475. The fraction of sp³-hybridized carbons (Fsp3) is 0.667. The number of nitrogens with one attached hydrogen (secondary N) is 1. The predicted molar refractivity (Wildman–Crippen MR) is 74.7 cm³/mol. The smallest absolute Gasteiger partial charge is 0.127 e. The molecule has 1 heterocycles. The quantitative estimate of drug-likeness (QED) is 0.911. The van der Waals surface area contributed by atoms with E-state index >= 15 is 0 Å². The second-order valence-corrected chi connectivity index (χ2v) is 6.24. The van der Waals surface area contributed by atoms with Gasteiger partial charge in [0.1, 0.15) is 16.6 Å². The van der Waals surface area contributed by atoms with Crippen molar-refractivity contribution in [3.8, 4) is 6.07 Å². The molecule has 1 fully saturated rings. The highest BCUT2D eigenvalue weighted by atomic mass is 32.2. The summed E-state index contributed by atoms with van der Waals surface area (Å²) < 4.78 is 4.25. The maximum Gasteiger partial charge on any atom is 0.127 e. The lowest BCUT2D eigenvalue weighted by Crippen LogP contribution is -2.34. The average molecular weight is 267 g/mol. The zero-order valence-corrected chi connectivity index (χ0v) is 11.8. The molecule has 1 aromatic rings. The molecule has 5 heteroatoms. The zero-order chi connectivity index (χ0) is 12.3. The summed E-state index contributed by atoms with van der Waals surface area (Å²) in [5.41, 5.74) is 1.57. The third-order valence-electron chi connectivity index (χ3n) is 3.30. The van der Waals surface area contributed by atoms with Crippen LogP contribution in [0.3, 0.4) is 0 Å². The summed E-state index contributed by atoms with van der Waals surface area (Å²) in [5.74, 6) is 0. The van der Waals surface area contributed by atoms with Gasteiger partial charge in [0, 0.05) is 11.3 Å². The van der Waals surface area contributed by atoms with E-state index in [1.807, 2.05) is 18.7 Å². The molecule has 0 radical (unpaired) electrons. The Morgan fingerprint density at radius 3 is 2.94 bits per heavy atom. The van der Waals surface area contributed by atoms with Crippen LogP contribution >= 0.6 is 23.3 Å². The van der Waals surface area contributed by atoms with Crippen molar-refractivity contribution >= 4 is 28.3 Å². The Hall–Kier alpha value is -0.730. The van der Waals surface area contributed by atoms with E-state index in [4.69, 9.17) is 5.26 Å². The van der Waals surface area contributed by atoms with Gasteiger partial charge in [-0.2, -0.15) is 21.4 Å². The van der Waals surface area contributed by atoms with Crippen LogP contribution in [0.5, 0.6) is 0 Å². The maximum atomic E-state index is 9.11. The second-order valence-electron chi connectivity index (χ2n) is 4.39. The molecule has 2 unspecified atom stereocenters. The monoisotopic (exact) mass is 267 g/mol.